The number of thiol groups is 1. The first-order valence-electron chi connectivity index (χ1n) is 4.89. The third kappa shape index (κ3) is 3.02. The maximum absolute atomic E-state index is 11.6. The molecule has 0 spiro atoms. The Balaban J connectivity index is 2.70. The van der Waals surface area contributed by atoms with Gasteiger partial charge >= 0.3 is 0 Å². The second-order valence-electron chi connectivity index (χ2n) is 3.87. The van der Waals surface area contributed by atoms with Crippen molar-refractivity contribution in [1.82, 2.24) is 4.98 Å². The van der Waals surface area contributed by atoms with Crippen molar-refractivity contribution in [3.05, 3.63) is 18.2 Å². The molecule has 2 rings (SSSR count). The molecule has 19 heavy (non-hydrogen) atoms. The summed E-state index contributed by atoms with van der Waals surface area (Å²) in [5, 5.41) is 0. The second-order valence-corrected chi connectivity index (χ2v) is 9.52. The lowest BCUT2D eigenvalue weighted by Crippen LogP contribution is -2.35. The van der Waals surface area contributed by atoms with Gasteiger partial charge in [-0.2, -0.15) is 3.71 Å². The molecule has 0 aliphatic rings. The first-order valence-corrected chi connectivity index (χ1v) is 9.85. The molecular formula is C9H10N2O4S4. The average Bonchev–Trinajstić information content (AvgIpc) is 2.52. The van der Waals surface area contributed by atoms with E-state index in [2.05, 4.69) is 17.6 Å². The summed E-state index contributed by atoms with van der Waals surface area (Å²) in [5.41, 5.74) is 0.543. The van der Waals surface area contributed by atoms with Crippen LogP contribution in [0.2, 0.25) is 0 Å². The first kappa shape index (κ1) is 14.6. The highest BCUT2D eigenvalue weighted by molar-refractivity contribution is 8.09. The Morgan fingerprint density at radius 1 is 1.16 bits per heavy atom. The molecule has 0 aliphatic heterocycles. The monoisotopic (exact) mass is 338 g/mol. The molecule has 0 bridgehead atoms. The minimum atomic E-state index is -3.94. The van der Waals surface area contributed by atoms with E-state index in [-0.39, 0.29) is 5.69 Å². The molecule has 0 saturated heterocycles. The SMILES string of the molecule is CS(=O)(=O)N(c1ccc2sc(S)nc2c1)S(C)(=O)=O. The number of hydrogen-bond acceptors (Lipinski definition) is 7. The Morgan fingerprint density at radius 3 is 2.26 bits per heavy atom. The molecular weight excluding hydrogens is 328 g/mol. The van der Waals surface area contributed by atoms with Crippen molar-refractivity contribution < 1.29 is 16.8 Å². The normalized spacial score (nSPS) is 12.8. The molecule has 0 amide bonds. The van der Waals surface area contributed by atoms with Gasteiger partial charge in [-0.05, 0) is 18.2 Å². The van der Waals surface area contributed by atoms with Crippen LogP contribution in [0.5, 0.6) is 0 Å². The lowest BCUT2D eigenvalue weighted by atomic mass is 10.3. The van der Waals surface area contributed by atoms with Crippen LogP contribution in [0, 0.1) is 0 Å². The zero-order valence-corrected chi connectivity index (χ0v) is 13.3. The average molecular weight is 338 g/mol. The third-order valence-corrected chi connectivity index (χ3v) is 6.64. The summed E-state index contributed by atoms with van der Waals surface area (Å²) in [6.45, 7) is 0. The summed E-state index contributed by atoms with van der Waals surface area (Å²) in [6.07, 6.45) is 1.67. The summed E-state index contributed by atoms with van der Waals surface area (Å²) in [7, 11) is -7.87. The van der Waals surface area contributed by atoms with E-state index in [4.69, 9.17) is 0 Å². The molecule has 10 heteroatoms. The van der Waals surface area contributed by atoms with E-state index in [1.54, 1.807) is 6.07 Å². The van der Waals surface area contributed by atoms with Gasteiger partial charge in [-0.15, -0.1) is 24.0 Å². The number of benzene rings is 1. The van der Waals surface area contributed by atoms with Crippen LogP contribution in [0.4, 0.5) is 5.69 Å². The van der Waals surface area contributed by atoms with E-state index in [0.29, 0.717) is 13.6 Å². The molecule has 0 fully saturated rings. The van der Waals surface area contributed by atoms with Crippen LogP contribution in [-0.2, 0) is 20.0 Å². The second kappa shape index (κ2) is 4.62. The zero-order valence-electron chi connectivity index (χ0n) is 9.93. The molecule has 0 saturated carbocycles. The van der Waals surface area contributed by atoms with Gasteiger partial charge in [-0.3, -0.25) is 0 Å². The first-order chi connectivity index (χ1) is 8.59. The Morgan fingerprint density at radius 2 is 1.74 bits per heavy atom. The fraction of sp³-hybridized carbons (Fsp3) is 0.222. The van der Waals surface area contributed by atoms with Crippen molar-refractivity contribution in [2.45, 2.75) is 4.34 Å². The molecule has 1 aromatic carbocycles. The van der Waals surface area contributed by atoms with Crippen LogP contribution in [0.1, 0.15) is 0 Å². The smallest absolute Gasteiger partial charge is 0.230 e. The summed E-state index contributed by atoms with van der Waals surface area (Å²) in [5.74, 6) is 0. The molecule has 0 unspecified atom stereocenters. The van der Waals surface area contributed by atoms with Crippen LogP contribution in [0.25, 0.3) is 10.2 Å². The van der Waals surface area contributed by atoms with Crippen molar-refractivity contribution in [2.75, 3.05) is 16.2 Å². The van der Waals surface area contributed by atoms with Crippen LogP contribution in [-0.4, -0.2) is 34.3 Å². The predicted octanol–water partition coefficient (Wildman–Crippen LogP) is 1.31. The largest absolute Gasteiger partial charge is 0.245 e. The quantitative estimate of drug-likeness (QED) is 0.853. The maximum Gasteiger partial charge on any atom is 0.245 e. The van der Waals surface area contributed by atoms with Gasteiger partial charge in [0.1, 0.15) is 4.34 Å². The number of aromatic nitrogens is 1. The van der Waals surface area contributed by atoms with Crippen molar-refractivity contribution in [1.29, 1.82) is 0 Å². The van der Waals surface area contributed by atoms with E-state index < -0.39 is 20.0 Å². The van der Waals surface area contributed by atoms with E-state index in [1.165, 1.54) is 23.5 Å². The number of fused-ring (bicyclic) bond motifs is 1. The van der Waals surface area contributed by atoms with Crippen LogP contribution >= 0.6 is 24.0 Å². The molecule has 0 aliphatic carbocycles. The van der Waals surface area contributed by atoms with E-state index in [0.717, 1.165) is 17.2 Å². The topological polar surface area (TPSA) is 84.4 Å². The van der Waals surface area contributed by atoms with Gasteiger partial charge in [-0.1, -0.05) is 0 Å². The summed E-state index contributed by atoms with van der Waals surface area (Å²) in [4.78, 5) is 4.09. The Hall–Kier alpha value is -0.840. The van der Waals surface area contributed by atoms with Gasteiger partial charge in [0.05, 0.1) is 28.4 Å². The lowest BCUT2D eigenvalue weighted by Gasteiger charge is -2.19. The Kier molecular flexibility index (Phi) is 3.54. The zero-order chi connectivity index (χ0) is 14.4. The van der Waals surface area contributed by atoms with Gasteiger partial charge in [0.2, 0.25) is 20.0 Å². The van der Waals surface area contributed by atoms with Crippen molar-refractivity contribution in [3.8, 4) is 0 Å². The maximum atomic E-state index is 11.6. The van der Waals surface area contributed by atoms with Crippen LogP contribution < -0.4 is 3.71 Å². The highest BCUT2D eigenvalue weighted by Crippen LogP contribution is 2.30. The Bertz CT molecular complexity index is 806. The number of nitrogens with zero attached hydrogens (tertiary/aromatic N) is 2. The fourth-order valence-electron chi connectivity index (χ4n) is 1.65. The fourth-order valence-corrected chi connectivity index (χ4v) is 5.70. The predicted molar refractivity (Wildman–Crippen MR) is 79.0 cm³/mol. The molecule has 0 atom stereocenters. The van der Waals surface area contributed by atoms with Crippen LogP contribution in [0.3, 0.4) is 0 Å². The number of thiazole rings is 1. The molecule has 1 heterocycles. The Labute approximate surface area is 120 Å². The van der Waals surface area contributed by atoms with Gasteiger partial charge in [0.25, 0.3) is 0 Å². The molecule has 0 radical (unpaired) electrons. The van der Waals surface area contributed by atoms with Crippen molar-refractivity contribution in [2.24, 2.45) is 0 Å². The van der Waals surface area contributed by atoms with Gasteiger partial charge in [0.15, 0.2) is 0 Å². The number of anilines is 1. The molecule has 2 aromatic rings. The minimum Gasteiger partial charge on any atom is -0.230 e. The van der Waals surface area contributed by atoms with E-state index in [1.807, 2.05) is 0 Å². The summed E-state index contributed by atoms with van der Waals surface area (Å²) in [6, 6.07) is 4.45. The highest BCUT2D eigenvalue weighted by atomic mass is 32.3. The summed E-state index contributed by atoms with van der Waals surface area (Å²) >= 11 is 5.42. The van der Waals surface area contributed by atoms with E-state index >= 15 is 0 Å². The molecule has 1 aromatic heterocycles. The molecule has 6 nitrogen and oxygen atoms in total. The van der Waals surface area contributed by atoms with Gasteiger partial charge in [-0.25, -0.2) is 21.8 Å². The van der Waals surface area contributed by atoms with Crippen LogP contribution in [0.15, 0.2) is 22.5 Å². The van der Waals surface area contributed by atoms with Crippen molar-refractivity contribution in [3.63, 3.8) is 0 Å². The van der Waals surface area contributed by atoms with Gasteiger partial charge < -0.3 is 0 Å². The molecule has 0 N–H and O–H groups in total. The minimum absolute atomic E-state index is 0.0381. The van der Waals surface area contributed by atoms with E-state index in [9.17, 15) is 16.8 Å². The number of rotatable bonds is 3. The standard InChI is InChI=1S/C9H10N2O4S4/c1-18(12,13)11(19(2,14)15)6-3-4-8-7(5-6)10-9(16)17-8/h3-5H,1-2H3,(H,10,16). The molecule has 104 valence electrons. The van der Waals surface area contributed by atoms with Gasteiger partial charge in [0, 0.05) is 0 Å². The number of sulfonamides is 2. The number of hydrogen-bond donors (Lipinski definition) is 1. The van der Waals surface area contributed by atoms with Crippen molar-refractivity contribution >= 4 is 59.9 Å². The highest BCUT2D eigenvalue weighted by Gasteiger charge is 2.27. The summed E-state index contributed by atoms with van der Waals surface area (Å²) < 4.78 is 48.2. The lowest BCUT2D eigenvalue weighted by molar-refractivity contribution is 0.591. The third-order valence-electron chi connectivity index (χ3n) is 2.17.